The molecule has 94 valence electrons. The molecule has 0 bridgehead atoms. The van der Waals surface area contributed by atoms with Crippen molar-refractivity contribution in [2.75, 3.05) is 6.16 Å². The van der Waals surface area contributed by atoms with E-state index in [1.54, 1.807) is 19.0 Å². The standard InChI is InChI=1S/C18H17P/c1-4-2-6-9-12-13-17-10(7-3-19-18(7,13)17)11-8-5(1)14(4,6)15(8,9)16(11,12)17/h4-13,19H,1-3H2. The third kappa shape index (κ3) is 0.245. The fourth-order valence-corrected chi connectivity index (χ4v) is 17.5. The molecule has 0 radical (unpaired) electrons. The molecule has 16 atom stereocenters. The van der Waals surface area contributed by atoms with Gasteiger partial charge in [-0.3, -0.25) is 0 Å². The van der Waals surface area contributed by atoms with Crippen LogP contribution < -0.4 is 0 Å². The lowest BCUT2D eigenvalue weighted by Crippen LogP contribution is -3.16. The van der Waals surface area contributed by atoms with Gasteiger partial charge in [0.1, 0.15) is 0 Å². The predicted molar refractivity (Wildman–Crippen MR) is 69.8 cm³/mol. The summed E-state index contributed by atoms with van der Waals surface area (Å²) in [4.78, 5) is 0. The summed E-state index contributed by atoms with van der Waals surface area (Å²) < 4.78 is 0. The van der Waals surface area contributed by atoms with Gasteiger partial charge in [0.15, 0.2) is 0 Å². The van der Waals surface area contributed by atoms with Crippen molar-refractivity contribution in [2.45, 2.75) is 18.0 Å². The van der Waals surface area contributed by atoms with Crippen molar-refractivity contribution in [3.8, 4) is 0 Å². The molecule has 11 fully saturated rings. The molecule has 10 aliphatic carbocycles. The minimum atomic E-state index is 1.09. The molecule has 16 unspecified atom stereocenters. The van der Waals surface area contributed by atoms with Crippen molar-refractivity contribution < 1.29 is 0 Å². The van der Waals surface area contributed by atoms with Gasteiger partial charge in [0, 0.05) is 5.16 Å². The van der Waals surface area contributed by atoms with Crippen LogP contribution >= 0.6 is 8.58 Å². The van der Waals surface area contributed by atoms with Crippen LogP contribution in [0.2, 0.25) is 0 Å². The van der Waals surface area contributed by atoms with E-state index < -0.39 is 0 Å². The Hall–Kier alpha value is 0.430. The van der Waals surface area contributed by atoms with Gasteiger partial charge in [-0.2, -0.15) is 0 Å². The highest BCUT2D eigenvalue weighted by molar-refractivity contribution is 7.43. The lowest BCUT2D eigenvalue weighted by atomic mass is 8.85. The van der Waals surface area contributed by atoms with E-state index in [1.165, 1.54) is 67.8 Å². The lowest BCUT2D eigenvalue weighted by Gasteiger charge is -3.18. The molecule has 19 heavy (non-hydrogen) atoms. The van der Waals surface area contributed by atoms with E-state index >= 15 is 0 Å². The Labute approximate surface area is 114 Å². The van der Waals surface area contributed by atoms with Crippen LogP contribution in [-0.2, 0) is 0 Å². The Bertz CT molecular complexity index is 734. The Morgan fingerprint density at radius 3 is 2.26 bits per heavy atom. The third-order valence-corrected chi connectivity index (χ3v) is 15.6. The zero-order valence-corrected chi connectivity index (χ0v) is 11.9. The summed E-state index contributed by atoms with van der Waals surface area (Å²) in [6, 6.07) is 0. The monoisotopic (exact) mass is 264 g/mol. The van der Waals surface area contributed by atoms with Gasteiger partial charge in [0.25, 0.3) is 0 Å². The van der Waals surface area contributed by atoms with Crippen LogP contribution in [0.5, 0.6) is 0 Å². The minimum absolute atomic E-state index is 1.09. The number of fused-ring (bicyclic) bond motifs is 7. The van der Waals surface area contributed by atoms with Crippen molar-refractivity contribution in [3.63, 3.8) is 0 Å². The second-order valence-corrected chi connectivity index (χ2v) is 12.5. The Balaban J connectivity index is 1.33. The summed E-state index contributed by atoms with van der Waals surface area (Å²) in [6.45, 7) is 0. The second-order valence-electron chi connectivity index (χ2n) is 10.9. The quantitative estimate of drug-likeness (QED) is 0.590. The molecule has 11 aliphatic rings. The highest BCUT2D eigenvalue weighted by Gasteiger charge is 3.28. The van der Waals surface area contributed by atoms with Gasteiger partial charge in [0.05, 0.1) is 0 Å². The van der Waals surface area contributed by atoms with Crippen molar-refractivity contribution in [1.82, 2.24) is 0 Å². The highest BCUT2D eigenvalue weighted by Crippen LogP contribution is 3.30. The largest absolute Gasteiger partial charge is 0.114 e. The van der Waals surface area contributed by atoms with Gasteiger partial charge < -0.3 is 0 Å². The zero-order chi connectivity index (χ0) is 11.1. The molecule has 1 heterocycles. The van der Waals surface area contributed by atoms with Gasteiger partial charge in [-0.05, 0) is 99.8 Å². The van der Waals surface area contributed by atoms with Gasteiger partial charge in [-0.15, -0.1) is 8.58 Å². The summed E-state index contributed by atoms with van der Waals surface area (Å²) >= 11 is 0. The molecular weight excluding hydrogens is 247 g/mol. The maximum atomic E-state index is 1.72. The average molecular weight is 264 g/mol. The average Bonchev–Trinajstić information content (AvgIpc) is 2.89. The molecule has 1 aliphatic heterocycles. The van der Waals surface area contributed by atoms with Crippen LogP contribution in [-0.4, -0.2) is 11.3 Å². The first-order valence-electron chi connectivity index (χ1n) is 9.15. The van der Waals surface area contributed by atoms with E-state index in [9.17, 15) is 0 Å². The second kappa shape index (κ2) is 1.35. The number of hydrogen-bond donors (Lipinski definition) is 0. The molecule has 1 saturated heterocycles. The molecule has 0 N–H and O–H groups in total. The molecule has 1 heteroatoms. The zero-order valence-electron chi connectivity index (χ0n) is 10.9. The maximum Gasteiger partial charge on any atom is 0.00177 e. The molecule has 10 saturated carbocycles. The van der Waals surface area contributed by atoms with Crippen molar-refractivity contribution >= 4 is 8.58 Å². The fourth-order valence-electron chi connectivity index (χ4n) is 14.8. The first-order chi connectivity index (χ1) is 9.40. The number of rotatable bonds is 0. The van der Waals surface area contributed by atoms with E-state index in [1.807, 2.05) is 0 Å². The van der Waals surface area contributed by atoms with Crippen LogP contribution in [0, 0.1) is 80.8 Å². The Morgan fingerprint density at radius 2 is 1.53 bits per heavy atom. The maximum absolute atomic E-state index is 1.72. The van der Waals surface area contributed by atoms with Crippen molar-refractivity contribution in [2.24, 2.45) is 80.8 Å². The van der Waals surface area contributed by atoms with Crippen LogP contribution in [0.3, 0.4) is 0 Å². The smallest absolute Gasteiger partial charge is 0.00177 e. The number of hydrogen-bond acceptors (Lipinski definition) is 0. The Morgan fingerprint density at radius 1 is 0.737 bits per heavy atom. The molecule has 0 amide bonds. The summed E-state index contributed by atoms with van der Waals surface area (Å²) in [5, 5.41) is 1.09. The summed E-state index contributed by atoms with van der Waals surface area (Å²) in [6.07, 6.45) is 5.14. The van der Waals surface area contributed by atoms with Crippen LogP contribution in [0.15, 0.2) is 0 Å². The van der Waals surface area contributed by atoms with Gasteiger partial charge in [-0.25, -0.2) is 0 Å². The van der Waals surface area contributed by atoms with Crippen LogP contribution in [0.4, 0.5) is 0 Å². The van der Waals surface area contributed by atoms with E-state index in [0.717, 1.165) is 26.8 Å². The Kier molecular flexibility index (Phi) is 0.541. The van der Waals surface area contributed by atoms with E-state index in [-0.39, 0.29) is 0 Å². The van der Waals surface area contributed by atoms with Gasteiger partial charge >= 0.3 is 0 Å². The molecule has 0 aromatic rings. The van der Waals surface area contributed by atoms with E-state index in [2.05, 4.69) is 0 Å². The summed E-state index contributed by atoms with van der Waals surface area (Å²) in [7, 11) is 1.45. The highest BCUT2D eigenvalue weighted by atomic mass is 31.1. The third-order valence-electron chi connectivity index (χ3n) is 13.3. The molecule has 5 spiro atoms. The van der Waals surface area contributed by atoms with Crippen molar-refractivity contribution in [3.05, 3.63) is 0 Å². The van der Waals surface area contributed by atoms with Gasteiger partial charge in [-0.1, -0.05) is 0 Å². The molecule has 0 nitrogen and oxygen atoms in total. The van der Waals surface area contributed by atoms with Crippen LogP contribution in [0.25, 0.3) is 0 Å². The molecule has 0 aromatic heterocycles. The minimum Gasteiger partial charge on any atom is -0.114 e. The summed E-state index contributed by atoms with van der Waals surface area (Å²) in [5.74, 6) is 13.4. The van der Waals surface area contributed by atoms with Crippen molar-refractivity contribution in [1.29, 1.82) is 0 Å². The summed E-state index contributed by atoms with van der Waals surface area (Å²) in [5.41, 5.74) is 4.42. The first kappa shape index (κ1) is 7.62. The first-order valence-corrected chi connectivity index (χ1v) is 10.4. The van der Waals surface area contributed by atoms with Crippen LogP contribution in [0.1, 0.15) is 12.8 Å². The van der Waals surface area contributed by atoms with Gasteiger partial charge in [0.2, 0.25) is 0 Å². The predicted octanol–water partition coefficient (Wildman–Crippen LogP) is 2.44. The van der Waals surface area contributed by atoms with E-state index in [4.69, 9.17) is 0 Å². The topological polar surface area (TPSA) is 0 Å². The molecule has 11 rings (SSSR count). The lowest BCUT2D eigenvalue weighted by molar-refractivity contribution is -0.724. The normalized spacial score (nSPS) is 114. The molecule has 0 aromatic carbocycles. The van der Waals surface area contributed by atoms with E-state index in [0.29, 0.717) is 0 Å². The fraction of sp³-hybridized carbons (Fsp3) is 1.00. The SMILES string of the molecule is C1PC23C1C1C4C5C6CC7CC8C9C%10C2C13C4%10C59C768. The molecular formula is C18H17P.